The third-order valence-electron chi connectivity index (χ3n) is 4.08. The van der Waals surface area contributed by atoms with Crippen molar-refractivity contribution < 1.29 is 4.79 Å². The van der Waals surface area contributed by atoms with E-state index in [0.717, 1.165) is 22.6 Å². The normalized spacial score (nSPS) is 11.7. The van der Waals surface area contributed by atoms with Crippen molar-refractivity contribution in [3.05, 3.63) is 82.1 Å². The molecule has 0 aliphatic carbocycles. The van der Waals surface area contributed by atoms with Crippen molar-refractivity contribution in [1.29, 1.82) is 0 Å². The number of amides is 1. The summed E-state index contributed by atoms with van der Waals surface area (Å²) in [6, 6.07) is 16.5. The Balaban J connectivity index is 1.72. The van der Waals surface area contributed by atoms with Crippen LogP contribution in [0.25, 0.3) is 0 Å². The third kappa shape index (κ3) is 5.05. The van der Waals surface area contributed by atoms with E-state index in [1.54, 1.807) is 12.1 Å². The summed E-state index contributed by atoms with van der Waals surface area (Å²) in [4.78, 5) is 21.3. The van der Waals surface area contributed by atoms with E-state index in [0.29, 0.717) is 16.5 Å². The summed E-state index contributed by atoms with van der Waals surface area (Å²) in [5.74, 6) is 0.363. The van der Waals surface area contributed by atoms with E-state index in [4.69, 9.17) is 11.6 Å². The Bertz CT molecular complexity index is 936. The molecule has 1 unspecified atom stereocenters. The molecular formula is C21H21ClN4O. The second-order valence-corrected chi connectivity index (χ2v) is 6.86. The Hall–Kier alpha value is -2.92. The van der Waals surface area contributed by atoms with Crippen molar-refractivity contribution in [2.24, 2.45) is 0 Å². The maximum atomic E-state index is 12.6. The van der Waals surface area contributed by atoms with Gasteiger partial charge in [-0.2, -0.15) is 0 Å². The average molecular weight is 381 g/mol. The number of rotatable bonds is 5. The lowest BCUT2D eigenvalue weighted by Gasteiger charge is -2.15. The first-order valence-electron chi connectivity index (χ1n) is 8.66. The van der Waals surface area contributed by atoms with E-state index in [1.807, 2.05) is 63.2 Å². The maximum absolute atomic E-state index is 12.6. The molecule has 0 bridgehead atoms. The first kappa shape index (κ1) is 18.9. The molecule has 0 aliphatic rings. The van der Waals surface area contributed by atoms with Crippen molar-refractivity contribution >= 4 is 29.1 Å². The van der Waals surface area contributed by atoms with Gasteiger partial charge in [0.1, 0.15) is 0 Å². The molecule has 3 rings (SSSR count). The van der Waals surface area contributed by atoms with Gasteiger partial charge in [0.05, 0.1) is 6.04 Å². The van der Waals surface area contributed by atoms with Crippen LogP contribution in [0.1, 0.15) is 40.3 Å². The average Bonchev–Trinajstić information content (AvgIpc) is 2.61. The van der Waals surface area contributed by atoms with Crippen LogP contribution in [0.4, 0.5) is 11.6 Å². The minimum Gasteiger partial charge on any atom is -0.346 e. The summed E-state index contributed by atoms with van der Waals surface area (Å²) in [6.07, 6.45) is 0. The first-order valence-corrected chi connectivity index (χ1v) is 9.04. The van der Waals surface area contributed by atoms with Gasteiger partial charge in [0, 0.05) is 27.7 Å². The van der Waals surface area contributed by atoms with Gasteiger partial charge < -0.3 is 10.6 Å². The predicted octanol–water partition coefficient (Wildman–Crippen LogP) is 4.98. The summed E-state index contributed by atoms with van der Waals surface area (Å²) in [6.45, 7) is 5.77. The number of carbonyl (C=O) groups excluding carboxylic acids is 1. The Morgan fingerprint density at radius 3 is 2.33 bits per heavy atom. The number of carbonyl (C=O) groups is 1. The summed E-state index contributed by atoms with van der Waals surface area (Å²) in [5, 5.41) is 6.83. The number of anilines is 2. The van der Waals surface area contributed by atoms with Gasteiger partial charge in [0.15, 0.2) is 0 Å². The molecule has 2 aromatic carbocycles. The van der Waals surface area contributed by atoms with E-state index in [2.05, 4.69) is 20.6 Å². The van der Waals surface area contributed by atoms with Crippen molar-refractivity contribution in [3.8, 4) is 0 Å². The van der Waals surface area contributed by atoms with Crippen LogP contribution in [0, 0.1) is 13.8 Å². The maximum Gasteiger partial charge on any atom is 0.251 e. The van der Waals surface area contributed by atoms with Gasteiger partial charge in [-0.3, -0.25) is 4.79 Å². The third-order valence-corrected chi connectivity index (χ3v) is 4.33. The van der Waals surface area contributed by atoms with Gasteiger partial charge in [0.2, 0.25) is 5.95 Å². The number of nitrogens with zero attached hydrogens (tertiary/aromatic N) is 2. The molecule has 0 spiro atoms. The fourth-order valence-corrected chi connectivity index (χ4v) is 2.89. The SMILES string of the molecule is Cc1cc(C)nc(Nc2cccc(C(=O)NC(C)c3ccc(Cl)cc3)c2)n1. The lowest BCUT2D eigenvalue weighted by Crippen LogP contribution is -2.26. The number of hydrogen-bond acceptors (Lipinski definition) is 4. The molecule has 0 fully saturated rings. The Morgan fingerprint density at radius 1 is 1.00 bits per heavy atom. The second kappa shape index (κ2) is 8.18. The van der Waals surface area contributed by atoms with Crippen molar-refractivity contribution in [3.63, 3.8) is 0 Å². The van der Waals surface area contributed by atoms with E-state index < -0.39 is 0 Å². The molecule has 3 aromatic rings. The monoisotopic (exact) mass is 380 g/mol. The van der Waals surface area contributed by atoms with E-state index >= 15 is 0 Å². The Morgan fingerprint density at radius 2 is 1.67 bits per heavy atom. The van der Waals surface area contributed by atoms with E-state index in [9.17, 15) is 4.79 Å². The first-order chi connectivity index (χ1) is 12.9. The zero-order valence-electron chi connectivity index (χ0n) is 15.5. The van der Waals surface area contributed by atoms with Gasteiger partial charge in [-0.1, -0.05) is 29.8 Å². The molecule has 6 heteroatoms. The number of aryl methyl sites for hydroxylation is 2. The lowest BCUT2D eigenvalue weighted by molar-refractivity contribution is 0.0940. The van der Waals surface area contributed by atoms with Crippen LogP contribution >= 0.6 is 11.6 Å². The zero-order chi connectivity index (χ0) is 19.4. The predicted molar refractivity (Wildman–Crippen MR) is 109 cm³/mol. The quantitative estimate of drug-likeness (QED) is 0.655. The van der Waals surface area contributed by atoms with E-state index in [-0.39, 0.29) is 11.9 Å². The zero-order valence-corrected chi connectivity index (χ0v) is 16.2. The highest BCUT2D eigenvalue weighted by molar-refractivity contribution is 6.30. The molecule has 2 N–H and O–H groups in total. The fourth-order valence-electron chi connectivity index (χ4n) is 2.76. The summed E-state index contributed by atoms with van der Waals surface area (Å²) < 4.78 is 0. The topological polar surface area (TPSA) is 66.9 Å². The molecule has 0 saturated heterocycles. The van der Waals surface area contributed by atoms with Crippen LogP contribution in [0.5, 0.6) is 0 Å². The highest BCUT2D eigenvalue weighted by atomic mass is 35.5. The Labute approximate surface area is 163 Å². The highest BCUT2D eigenvalue weighted by Crippen LogP contribution is 2.19. The standard InChI is InChI=1S/C21H21ClN4O/c1-13-11-14(2)24-21(23-13)26-19-6-4-5-17(12-19)20(27)25-15(3)16-7-9-18(22)10-8-16/h4-12,15H,1-3H3,(H,25,27)(H,23,24,26). The van der Waals surface area contributed by atoms with Crippen LogP contribution in [0.15, 0.2) is 54.6 Å². The van der Waals surface area contributed by atoms with Gasteiger partial charge in [-0.05, 0) is 62.7 Å². The largest absolute Gasteiger partial charge is 0.346 e. The van der Waals surface area contributed by atoms with Crippen molar-refractivity contribution in [2.45, 2.75) is 26.8 Å². The van der Waals surface area contributed by atoms with Crippen molar-refractivity contribution in [1.82, 2.24) is 15.3 Å². The molecule has 1 atom stereocenters. The number of nitrogens with one attached hydrogen (secondary N) is 2. The fraction of sp³-hybridized carbons (Fsp3) is 0.190. The summed E-state index contributed by atoms with van der Waals surface area (Å²) in [7, 11) is 0. The van der Waals surface area contributed by atoms with Crippen molar-refractivity contribution in [2.75, 3.05) is 5.32 Å². The molecular weight excluding hydrogens is 360 g/mol. The molecule has 27 heavy (non-hydrogen) atoms. The van der Waals surface area contributed by atoms with Crippen LogP contribution in [0.3, 0.4) is 0 Å². The van der Waals surface area contributed by atoms with Gasteiger partial charge in [-0.15, -0.1) is 0 Å². The van der Waals surface area contributed by atoms with Crippen LogP contribution in [0.2, 0.25) is 5.02 Å². The molecule has 138 valence electrons. The number of halogens is 1. The minimum atomic E-state index is -0.151. The number of aromatic nitrogens is 2. The molecule has 0 radical (unpaired) electrons. The van der Waals surface area contributed by atoms with Gasteiger partial charge >= 0.3 is 0 Å². The number of benzene rings is 2. The molecule has 1 aromatic heterocycles. The second-order valence-electron chi connectivity index (χ2n) is 6.43. The minimum absolute atomic E-state index is 0.130. The molecule has 1 heterocycles. The van der Waals surface area contributed by atoms with Crippen LogP contribution in [-0.4, -0.2) is 15.9 Å². The lowest BCUT2D eigenvalue weighted by atomic mass is 10.1. The summed E-state index contributed by atoms with van der Waals surface area (Å²) in [5.41, 5.74) is 4.08. The molecule has 0 saturated carbocycles. The number of hydrogen-bond donors (Lipinski definition) is 2. The van der Waals surface area contributed by atoms with Gasteiger partial charge in [-0.25, -0.2) is 9.97 Å². The molecule has 0 aliphatic heterocycles. The smallest absolute Gasteiger partial charge is 0.251 e. The summed E-state index contributed by atoms with van der Waals surface area (Å²) >= 11 is 5.92. The van der Waals surface area contributed by atoms with Gasteiger partial charge in [0.25, 0.3) is 5.91 Å². The molecule has 5 nitrogen and oxygen atoms in total. The highest BCUT2D eigenvalue weighted by Gasteiger charge is 2.12. The van der Waals surface area contributed by atoms with E-state index in [1.165, 1.54) is 0 Å². The Kier molecular flexibility index (Phi) is 5.72. The van der Waals surface area contributed by atoms with Crippen LogP contribution in [-0.2, 0) is 0 Å². The molecule has 1 amide bonds. The van der Waals surface area contributed by atoms with Crippen LogP contribution < -0.4 is 10.6 Å².